The van der Waals surface area contributed by atoms with E-state index in [1.807, 2.05) is 0 Å². The molecule has 1 nitrogen and oxygen atoms in total. The molecule has 0 unspecified atom stereocenters. The van der Waals surface area contributed by atoms with E-state index >= 15 is 0 Å². The minimum absolute atomic E-state index is 0.717. The first-order valence-electron chi connectivity index (χ1n) is 6.82. The van der Waals surface area contributed by atoms with Gasteiger partial charge in [-0.1, -0.05) is 55.3 Å². The Kier molecular flexibility index (Phi) is 4.95. The van der Waals surface area contributed by atoms with Gasteiger partial charge < -0.3 is 4.79 Å². The van der Waals surface area contributed by atoms with Gasteiger partial charge in [0.05, 0.1) is 0 Å². The van der Waals surface area contributed by atoms with E-state index in [-0.39, 0.29) is 0 Å². The van der Waals surface area contributed by atoms with E-state index in [2.05, 4.69) is 42.5 Å². The lowest BCUT2D eigenvalue weighted by molar-refractivity contribution is -0.107. The summed E-state index contributed by atoms with van der Waals surface area (Å²) in [6, 6.07) is 15.1. The minimum atomic E-state index is 0.717. The Morgan fingerprint density at radius 3 is 2.50 bits per heavy atom. The first-order chi connectivity index (χ1) is 8.92. The van der Waals surface area contributed by atoms with Crippen LogP contribution in [0.25, 0.3) is 10.8 Å². The number of carbonyl (C=O) groups excluding carboxylic acids is 1. The number of aryl methyl sites for hydroxylation is 1. The molecule has 0 spiro atoms. The molecular weight excluding hydrogens is 220 g/mol. The minimum Gasteiger partial charge on any atom is -0.303 e. The lowest BCUT2D eigenvalue weighted by Crippen LogP contribution is -1.88. The van der Waals surface area contributed by atoms with Crippen LogP contribution in [-0.4, -0.2) is 6.29 Å². The lowest BCUT2D eigenvalue weighted by atomic mass is 9.99. The highest BCUT2D eigenvalue weighted by atomic mass is 16.1. The molecule has 2 aromatic carbocycles. The number of benzene rings is 2. The molecule has 0 radical (unpaired) electrons. The fraction of sp³-hybridized carbons (Fsp3) is 0.353. The standard InChI is InChI=1S/C17H20O/c18-14-7-3-1-2-4-9-15-11-8-12-16-10-5-6-13-17(15)16/h5-6,8,10-14H,1-4,7,9H2. The second-order valence-electron chi connectivity index (χ2n) is 4.76. The van der Waals surface area contributed by atoms with Crippen LogP contribution in [0.1, 0.15) is 37.7 Å². The van der Waals surface area contributed by atoms with Gasteiger partial charge in [0.25, 0.3) is 0 Å². The Labute approximate surface area is 109 Å². The highest BCUT2D eigenvalue weighted by Crippen LogP contribution is 2.20. The molecule has 2 rings (SSSR count). The molecule has 0 atom stereocenters. The normalized spacial score (nSPS) is 10.7. The zero-order valence-corrected chi connectivity index (χ0v) is 10.8. The molecular formula is C17H20O. The lowest BCUT2D eigenvalue weighted by Gasteiger charge is -2.06. The van der Waals surface area contributed by atoms with Crippen molar-refractivity contribution in [2.24, 2.45) is 0 Å². The second kappa shape index (κ2) is 6.95. The summed E-state index contributed by atoms with van der Waals surface area (Å²) < 4.78 is 0. The molecule has 0 saturated heterocycles. The topological polar surface area (TPSA) is 17.1 Å². The van der Waals surface area contributed by atoms with Crippen molar-refractivity contribution in [3.63, 3.8) is 0 Å². The summed E-state index contributed by atoms with van der Waals surface area (Å²) in [5, 5.41) is 2.71. The van der Waals surface area contributed by atoms with Crippen molar-refractivity contribution in [3.8, 4) is 0 Å². The fourth-order valence-corrected chi connectivity index (χ4v) is 2.41. The maximum Gasteiger partial charge on any atom is 0.119 e. The average Bonchev–Trinajstić information content (AvgIpc) is 2.43. The summed E-state index contributed by atoms with van der Waals surface area (Å²) in [6.45, 7) is 0. The summed E-state index contributed by atoms with van der Waals surface area (Å²) in [5.41, 5.74) is 1.45. The van der Waals surface area contributed by atoms with Crippen molar-refractivity contribution in [1.82, 2.24) is 0 Å². The Hall–Kier alpha value is -1.63. The molecule has 94 valence electrons. The molecule has 0 bridgehead atoms. The van der Waals surface area contributed by atoms with Crippen LogP contribution in [-0.2, 0) is 11.2 Å². The Morgan fingerprint density at radius 2 is 1.61 bits per heavy atom. The summed E-state index contributed by atoms with van der Waals surface area (Å²) in [5.74, 6) is 0. The SMILES string of the molecule is O=CCCCCCCc1cccc2ccccc12. The van der Waals surface area contributed by atoms with Crippen LogP contribution in [0.3, 0.4) is 0 Å². The van der Waals surface area contributed by atoms with Gasteiger partial charge in [0.2, 0.25) is 0 Å². The monoisotopic (exact) mass is 240 g/mol. The number of rotatable bonds is 7. The number of carbonyl (C=O) groups is 1. The highest BCUT2D eigenvalue weighted by molar-refractivity contribution is 5.85. The first kappa shape index (κ1) is 12.8. The number of aldehydes is 1. The van der Waals surface area contributed by atoms with Gasteiger partial charge in [0.15, 0.2) is 0 Å². The average molecular weight is 240 g/mol. The molecule has 0 N–H and O–H groups in total. The van der Waals surface area contributed by atoms with E-state index in [1.165, 1.54) is 35.6 Å². The van der Waals surface area contributed by atoms with Gasteiger partial charge in [-0.05, 0) is 35.6 Å². The van der Waals surface area contributed by atoms with Crippen LogP contribution >= 0.6 is 0 Å². The molecule has 1 heteroatoms. The summed E-state index contributed by atoms with van der Waals surface area (Å²) in [7, 11) is 0. The molecule has 0 heterocycles. The van der Waals surface area contributed by atoms with Crippen LogP contribution < -0.4 is 0 Å². The number of fused-ring (bicyclic) bond motifs is 1. The smallest absolute Gasteiger partial charge is 0.119 e. The molecule has 0 aliphatic carbocycles. The van der Waals surface area contributed by atoms with Crippen LogP contribution in [0.5, 0.6) is 0 Å². The molecule has 0 aromatic heterocycles. The van der Waals surface area contributed by atoms with E-state index in [0.717, 1.165) is 19.1 Å². The predicted molar refractivity (Wildman–Crippen MR) is 76.8 cm³/mol. The predicted octanol–water partition coefficient (Wildman–Crippen LogP) is 4.53. The third-order valence-corrected chi connectivity index (χ3v) is 3.40. The molecule has 2 aromatic rings. The van der Waals surface area contributed by atoms with Crippen molar-refractivity contribution in [3.05, 3.63) is 48.0 Å². The maximum absolute atomic E-state index is 10.2. The Bertz CT molecular complexity index is 496. The Balaban J connectivity index is 1.89. The number of hydrogen-bond acceptors (Lipinski definition) is 1. The van der Waals surface area contributed by atoms with Gasteiger partial charge in [-0.3, -0.25) is 0 Å². The van der Waals surface area contributed by atoms with Crippen molar-refractivity contribution >= 4 is 17.1 Å². The molecule has 0 saturated carbocycles. The maximum atomic E-state index is 10.2. The van der Waals surface area contributed by atoms with E-state index in [9.17, 15) is 4.79 Å². The summed E-state index contributed by atoms with van der Waals surface area (Å²) in [6.07, 6.45) is 7.52. The van der Waals surface area contributed by atoms with Crippen molar-refractivity contribution in [2.75, 3.05) is 0 Å². The highest BCUT2D eigenvalue weighted by Gasteiger charge is 1.99. The summed E-state index contributed by atoms with van der Waals surface area (Å²) >= 11 is 0. The number of unbranched alkanes of at least 4 members (excludes halogenated alkanes) is 4. The van der Waals surface area contributed by atoms with E-state index in [0.29, 0.717) is 6.42 Å². The van der Waals surface area contributed by atoms with Gasteiger partial charge in [-0.15, -0.1) is 0 Å². The van der Waals surface area contributed by atoms with Crippen LogP contribution in [0.15, 0.2) is 42.5 Å². The molecule has 18 heavy (non-hydrogen) atoms. The molecule has 0 aliphatic rings. The van der Waals surface area contributed by atoms with Crippen molar-refractivity contribution < 1.29 is 4.79 Å². The van der Waals surface area contributed by atoms with Crippen LogP contribution in [0.2, 0.25) is 0 Å². The summed E-state index contributed by atoms with van der Waals surface area (Å²) in [4.78, 5) is 10.2. The van der Waals surface area contributed by atoms with Gasteiger partial charge in [-0.25, -0.2) is 0 Å². The van der Waals surface area contributed by atoms with Crippen LogP contribution in [0.4, 0.5) is 0 Å². The van der Waals surface area contributed by atoms with E-state index in [4.69, 9.17) is 0 Å². The van der Waals surface area contributed by atoms with E-state index < -0.39 is 0 Å². The third-order valence-electron chi connectivity index (χ3n) is 3.40. The van der Waals surface area contributed by atoms with Crippen LogP contribution in [0, 0.1) is 0 Å². The molecule has 0 amide bonds. The quantitative estimate of drug-likeness (QED) is 0.513. The van der Waals surface area contributed by atoms with Gasteiger partial charge in [-0.2, -0.15) is 0 Å². The molecule has 0 fully saturated rings. The zero-order chi connectivity index (χ0) is 12.6. The molecule has 0 aliphatic heterocycles. The Morgan fingerprint density at radius 1 is 0.833 bits per heavy atom. The second-order valence-corrected chi connectivity index (χ2v) is 4.76. The van der Waals surface area contributed by atoms with Crippen molar-refractivity contribution in [1.29, 1.82) is 0 Å². The third kappa shape index (κ3) is 3.43. The van der Waals surface area contributed by atoms with Gasteiger partial charge in [0.1, 0.15) is 6.29 Å². The zero-order valence-electron chi connectivity index (χ0n) is 10.8. The first-order valence-corrected chi connectivity index (χ1v) is 6.82. The van der Waals surface area contributed by atoms with E-state index in [1.54, 1.807) is 0 Å². The number of hydrogen-bond donors (Lipinski definition) is 0. The van der Waals surface area contributed by atoms with Gasteiger partial charge in [0, 0.05) is 6.42 Å². The fourth-order valence-electron chi connectivity index (χ4n) is 2.41. The largest absolute Gasteiger partial charge is 0.303 e. The van der Waals surface area contributed by atoms with Gasteiger partial charge >= 0.3 is 0 Å². The van der Waals surface area contributed by atoms with Crippen molar-refractivity contribution in [2.45, 2.75) is 38.5 Å².